The lowest BCUT2D eigenvalue weighted by atomic mass is 10.2. The van der Waals surface area contributed by atoms with E-state index in [9.17, 15) is 4.79 Å². The summed E-state index contributed by atoms with van der Waals surface area (Å²) in [6, 6.07) is 7.48. The number of nitrogens with one attached hydrogen (secondary N) is 2. The lowest BCUT2D eigenvalue weighted by Crippen LogP contribution is -2.40. The smallest absolute Gasteiger partial charge is 0.237 e. The SMILES string of the molecule is COc1ccc(OCCCNC(=O)C2CCCN2)cc1. The molecule has 1 aromatic carbocycles. The highest BCUT2D eigenvalue weighted by atomic mass is 16.5. The zero-order chi connectivity index (χ0) is 14.2. The molecular formula is C15H22N2O3. The molecule has 0 radical (unpaired) electrons. The molecule has 1 saturated heterocycles. The van der Waals surface area contributed by atoms with Crippen molar-refractivity contribution in [1.29, 1.82) is 0 Å². The Hall–Kier alpha value is -1.75. The number of methoxy groups -OCH3 is 1. The number of ether oxygens (including phenoxy) is 2. The average Bonchev–Trinajstić information content (AvgIpc) is 3.01. The Morgan fingerprint density at radius 1 is 1.35 bits per heavy atom. The van der Waals surface area contributed by atoms with Crippen LogP contribution >= 0.6 is 0 Å². The van der Waals surface area contributed by atoms with Crippen molar-refractivity contribution in [3.05, 3.63) is 24.3 Å². The number of carbonyl (C=O) groups is 1. The fourth-order valence-electron chi connectivity index (χ4n) is 2.18. The number of hydrogen-bond acceptors (Lipinski definition) is 4. The minimum Gasteiger partial charge on any atom is -0.497 e. The number of carbonyl (C=O) groups excluding carboxylic acids is 1. The monoisotopic (exact) mass is 278 g/mol. The van der Waals surface area contributed by atoms with Crippen LogP contribution < -0.4 is 20.1 Å². The molecule has 1 aliphatic heterocycles. The number of rotatable bonds is 7. The molecule has 1 unspecified atom stereocenters. The Balaban J connectivity index is 1.57. The van der Waals surface area contributed by atoms with Gasteiger partial charge in [-0.1, -0.05) is 0 Å². The summed E-state index contributed by atoms with van der Waals surface area (Å²) >= 11 is 0. The second kappa shape index (κ2) is 7.75. The molecule has 1 aromatic rings. The van der Waals surface area contributed by atoms with Crippen LogP contribution in [0.5, 0.6) is 11.5 Å². The van der Waals surface area contributed by atoms with E-state index in [0.29, 0.717) is 13.2 Å². The fraction of sp³-hybridized carbons (Fsp3) is 0.533. The number of amides is 1. The topological polar surface area (TPSA) is 59.6 Å². The van der Waals surface area contributed by atoms with E-state index in [1.54, 1.807) is 7.11 Å². The lowest BCUT2D eigenvalue weighted by molar-refractivity contribution is -0.122. The van der Waals surface area contributed by atoms with Crippen LogP contribution in [0.2, 0.25) is 0 Å². The number of benzene rings is 1. The quantitative estimate of drug-likeness (QED) is 0.739. The molecule has 2 rings (SSSR count). The van der Waals surface area contributed by atoms with Gasteiger partial charge in [-0.3, -0.25) is 4.79 Å². The van der Waals surface area contributed by atoms with Crippen LogP contribution in [0.25, 0.3) is 0 Å². The van der Waals surface area contributed by atoms with Crippen LogP contribution in [0.15, 0.2) is 24.3 Å². The molecular weight excluding hydrogens is 256 g/mol. The molecule has 1 heterocycles. The summed E-state index contributed by atoms with van der Waals surface area (Å²) in [5, 5.41) is 6.11. The second-order valence-corrected chi connectivity index (χ2v) is 4.82. The minimum absolute atomic E-state index is 0.00231. The maximum Gasteiger partial charge on any atom is 0.237 e. The summed E-state index contributed by atoms with van der Waals surface area (Å²) in [7, 11) is 1.64. The Morgan fingerprint density at radius 3 is 2.75 bits per heavy atom. The van der Waals surface area contributed by atoms with Gasteiger partial charge in [-0.05, 0) is 50.1 Å². The fourth-order valence-corrected chi connectivity index (χ4v) is 2.18. The van der Waals surface area contributed by atoms with Crippen LogP contribution in [0, 0.1) is 0 Å². The predicted octanol–water partition coefficient (Wildman–Crippen LogP) is 1.33. The van der Waals surface area contributed by atoms with Crippen LogP contribution in [-0.4, -0.2) is 38.8 Å². The van der Waals surface area contributed by atoms with Gasteiger partial charge in [0.2, 0.25) is 5.91 Å². The van der Waals surface area contributed by atoms with Gasteiger partial charge < -0.3 is 20.1 Å². The summed E-state index contributed by atoms with van der Waals surface area (Å²) in [5.41, 5.74) is 0. The maximum atomic E-state index is 11.7. The van der Waals surface area contributed by atoms with E-state index in [1.807, 2.05) is 24.3 Å². The van der Waals surface area contributed by atoms with Crippen molar-refractivity contribution in [3.63, 3.8) is 0 Å². The zero-order valence-electron chi connectivity index (χ0n) is 11.9. The molecule has 110 valence electrons. The van der Waals surface area contributed by atoms with E-state index in [1.165, 1.54) is 0 Å². The van der Waals surface area contributed by atoms with Crippen LogP contribution in [-0.2, 0) is 4.79 Å². The molecule has 20 heavy (non-hydrogen) atoms. The first-order valence-corrected chi connectivity index (χ1v) is 7.07. The molecule has 2 N–H and O–H groups in total. The highest BCUT2D eigenvalue weighted by Gasteiger charge is 2.20. The van der Waals surface area contributed by atoms with Crippen molar-refractivity contribution in [1.82, 2.24) is 10.6 Å². The largest absolute Gasteiger partial charge is 0.497 e. The first-order valence-electron chi connectivity index (χ1n) is 7.07. The van der Waals surface area contributed by atoms with Gasteiger partial charge in [-0.15, -0.1) is 0 Å². The van der Waals surface area contributed by atoms with Gasteiger partial charge >= 0.3 is 0 Å². The molecule has 5 heteroatoms. The van der Waals surface area contributed by atoms with Gasteiger partial charge in [0, 0.05) is 6.54 Å². The van der Waals surface area contributed by atoms with Gasteiger partial charge in [-0.2, -0.15) is 0 Å². The molecule has 0 bridgehead atoms. The van der Waals surface area contributed by atoms with Gasteiger partial charge in [0.25, 0.3) is 0 Å². The van der Waals surface area contributed by atoms with Crippen LogP contribution in [0.4, 0.5) is 0 Å². The molecule has 1 amide bonds. The Bertz CT molecular complexity index is 414. The van der Waals surface area contributed by atoms with Crippen molar-refractivity contribution in [2.75, 3.05) is 26.8 Å². The third-order valence-electron chi connectivity index (χ3n) is 3.33. The molecule has 5 nitrogen and oxygen atoms in total. The molecule has 1 aliphatic rings. The van der Waals surface area contributed by atoms with Crippen molar-refractivity contribution >= 4 is 5.91 Å². The van der Waals surface area contributed by atoms with E-state index < -0.39 is 0 Å². The summed E-state index contributed by atoms with van der Waals surface area (Å²) in [6.45, 7) is 2.18. The zero-order valence-corrected chi connectivity index (χ0v) is 11.9. The normalized spacial score (nSPS) is 17.8. The van der Waals surface area contributed by atoms with Crippen molar-refractivity contribution in [2.24, 2.45) is 0 Å². The van der Waals surface area contributed by atoms with Gasteiger partial charge in [0.1, 0.15) is 11.5 Å². The molecule has 1 atom stereocenters. The van der Waals surface area contributed by atoms with Gasteiger partial charge in [0.15, 0.2) is 0 Å². The summed E-state index contributed by atoms with van der Waals surface area (Å²) in [5.74, 6) is 1.73. The van der Waals surface area contributed by atoms with Crippen LogP contribution in [0.1, 0.15) is 19.3 Å². The van der Waals surface area contributed by atoms with Crippen molar-refractivity contribution in [3.8, 4) is 11.5 Å². The lowest BCUT2D eigenvalue weighted by Gasteiger charge is -2.11. The van der Waals surface area contributed by atoms with E-state index in [2.05, 4.69) is 10.6 Å². The summed E-state index contributed by atoms with van der Waals surface area (Å²) < 4.78 is 10.7. The minimum atomic E-state index is -0.00231. The molecule has 0 aromatic heterocycles. The van der Waals surface area contributed by atoms with Crippen LogP contribution in [0.3, 0.4) is 0 Å². The van der Waals surface area contributed by atoms with Crippen molar-refractivity contribution < 1.29 is 14.3 Å². The molecule has 0 saturated carbocycles. The highest BCUT2D eigenvalue weighted by Crippen LogP contribution is 2.16. The highest BCUT2D eigenvalue weighted by molar-refractivity contribution is 5.81. The third kappa shape index (κ3) is 4.42. The van der Waals surface area contributed by atoms with E-state index in [0.717, 1.165) is 37.3 Å². The Labute approximate surface area is 119 Å². The predicted molar refractivity (Wildman–Crippen MR) is 77.1 cm³/mol. The Morgan fingerprint density at radius 2 is 2.10 bits per heavy atom. The van der Waals surface area contributed by atoms with E-state index in [-0.39, 0.29) is 11.9 Å². The van der Waals surface area contributed by atoms with E-state index >= 15 is 0 Å². The van der Waals surface area contributed by atoms with E-state index in [4.69, 9.17) is 9.47 Å². The Kier molecular flexibility index (Phi) is 5.68. The average molecular weight is 278 g/mol. The summed E-state index contributed by atoms with van der Waals surface area (Å²) in [4.78, 5) is 11.7. The molecule has 1 fully saturated rings. The summed E-state index contributed by atoms with van der Waals surface area (Å²) in [6.07, 6.45) is 2.82. The first kappa shape index (κ1) is 14.7. The second-order valence-electron chi connectivity index (χ2n) is 4.82. The van der Waals surface area contributed by atoms with Gasteiger partial charge in [0.05, 0.1) is 19.8 Å². The van der Waals surface area contributed by atoms with Crippen molar-refractivity contribution in [2.45, 2.75) is 25.3 Å². The third-order valence-corrected chi connectivity index (χ3v) is 3.33. The standard InChI is InChI=1S/C15H22N2O3/c1-19-12-5-7-13(8-6-12)20-11-3-10-17-15(18)14-4-2-9-16-14/h5-8,14,16H,2-4,9-11H2,1H3,(H,17,18). The van der Waals surface area contributed by atoms with Gasteiger partial charge in [-0.25, -0.2) is 0 Å². The first-order chi connectivity index (χ1) is 9.79. The maximum absolute atomic E-state index is 11.7. The molecule has 0 aliphatic carbocycles. The molecule has 0 spiro atoms. The number of hydrogen-bond donors (Lipinski definition) is 2.